The number of nitrogens with zero attached hydrogens (tertiary/aromatic N) is 1. The lowest BCUT2D eigenvalue weighted by Crippen LogP contribution is -2.20. The molecule has 1 rings (SSSR count). The Labute approximate surface area is 89.7 Å². The van der Waals surface area contributed by atoms with Crippen molar-refractivity contribution in [1.29, 1.82) is 0 Å². The lowest BCUT2D eigenvalue weighted by Gasteiger charge is -2.16. The predicted octanol–water partition coefficient (Wildman–Crippen LogP) is 1.40. The number of hydrogen-bond acceptors (Lipinski definition) is 3. The standard InChI is InChI=1S/C9H11BrFNO2/c10-4-3-7(13)8(14)6-2-1-5-12-9(6)11/h1-2,5,7-8,13-14H,3-4H2. The molecule has 1 aromatic heterocycles. The highest BCUT2D eigenvalue weighted by molar-refractivity contribution is 9.09. The van der Waals surface area contributed by atoms with Gasteiger partial charge in [-0.3, -0.25) is 0 Å². The summed E-state index contributed by atoms with van der Waals surface area (Å²) in [5.41, 5.74) is 0.0287. The van der Waals surface area contributed by atoms with Gasteiger partial charge in [-0.2, -0.15) is 4.39 Å². The van der Waals surface area contributed by atoms with Gasteiger partial charge >= 0.3 is 0 Å². The molecule has 78 valence electrons. The van der Waals surface area contributed by atoms with Crippen LogP contribution < -0.4 is 0 Å². The Hall–Kier alpha value is -0.520. The van der Waals surface area contributed by atoms with Gasteiger partial charge in [0.05, 0.1) is 6.10 Å². The van der Waals surface area contributed by atoms with Crippen molar-refractivity contribution in [2.45, 2.75) is 18.6 Å². The molecule has 0 saturated heterocycles. The van der Waals surface area contributed by atoms with E-state index in [0.717, 1.165) is 0 Å². The van der Waals surface area contributed by atoms with Crippen LogP contribution in [0.25, 0.3) is 0 Å². The van der Waals surface area contributed by atoms with Gasteiger partial charge in [0, 0.05) is 17.1 Å². The minimum absolute atomic E-state index is 0.0287. The van der Waals surface area contributed by atoms with Crippen LogP contribution in [0.2, 0.25) is 0 Å². The summed E-state index contributed by atoms with van der Waals surface area (Å²) in [7, 11) is 0. The molecule has 2 N–H and O–H groups in total. The molecule has 0 amide bonds. The van der Waals surface area contributed by atoms with E-state index in [9.17, 15) is 14.6 Å². The molecular formula is C9H11BrFNO2. The molecule has 0 spiro atoms. The number of halogens is 2. The van der Waals surface area contributed by atoms with Gasteiger partial charge in [0.1, 0.15) is 6.10 Å². The van der Waals surface area contributed by atoms with E-state index in [1.54, 1.807) is 0 Å². The highest BCUT2D eigenvalue weighted by atomic mass is 79.9. The Morgan fingerprint density at radius 3 is 2.79 bits per heavy atom. The summed E-state index contributed by atoms with van der Waals surface area (Å²) in [6.45, 7) is 0. The topological polar surface area (TPSA) is 53.4 Å². The summed E-state index contributed by atoms with van der Waals surface area (Å²) >= 11 is 3.13. The Morgan fingerprint density at radius 2 is 2.21 bits per heavy atom. The summed E-state index contributed by atoms with van der Waals surface area (Å²) < 4.78 is 13.0. The van der Waals surface area contributed by atoms with Crippen molar-refractivity contribution in [3.8, 4) is 0 Å². The SMILES string of the molecule is OC(CCBr)C(O)c1cccnc1F. The van der Waals surface area contributed by atoms with E-state index in [2.05, 4.69) is 20.9 Å². The van der Waals surface area contributed by atoms with E-state index in [1.807, 2.05) is 0 Å². The van der Waals surface area contributed by atoms with Crippen molar-refractivity contribution >= 4 is 15.9 Å². The molecule has 3 nitrogen and oxygen atoms in total. The number of alkyl halides is 1. The first-order valence-electron chi connectivity index (χ1n) is 4.19. The fourth-order valence-electron chi connectivity index (χ4n) is 1.10. The largest absolute Gasteiger partial charge is 0.390 e. The van der Waals surface area contributed by atoms with E-state index in [0.29, 0.717) is 11.8 Å². The van der Waals surface area contributed by atoms with Crippen LogP contribution in [-0.4, -0.2) is 26.6 Å². The first kappa shape index (κ1) is 11.6. The van der Waals surface area contributed by atoms with Gasteiger partial charge in [0.2, 0.25) is 5.95 Å². The summed E-state index contributed by atoms with van der Waals surface area (Å²) in [5, 5.41) is 19.5. The highest BCUT2D eigenvalue weighted by Crippen LogP contribution is 2.20. The molecule has 5 heteroatoms. The first-order chi connectivity index (χ1) is 6.66. The van der Waals surface area contributed by atoms with Crippen LogP contribution in [0.15, 0.2) is 18.3 Å². The first-order valence-corrected chi connectivity index (χ1v) is 5.31. The number of hydrogen-bond donors (Lipinski definition) is 2. The molecule has 0 aliphatic rings. The van der Waals surface area contributed by atoms with Gasteiger partial charge in [-0.25, -0.2) is 4.98 Å². The molecule has 1 aromatic rings. The number of pyridine rings is 1. The van der Waals surface area contributed by atoms with Crippen molar-refractivity contribution in [1.82, 2.24) is 4.98 Å². The molecule has 0 aliphatic carbocycles. The maximum Gasteiger partial charge on any atom is 0.218 e. The minimum Gasteiger partial charge on any atom is -0.390 e. The number of aliphatic hydroxyl groups is 2. The lowest BCUT2D eigenvalue weighted by atomic mass is 10.0. The van der Waals surface area contributed by atoms with Crippen LogP contribution in [0, 0.1) is 5.95 Å². The van der Waals surface area contributed by atoms with Crippen LogP contribution in [0.5, 0.6) is 0 Å². The van der Waals surface area contributed by atoms with Gasteiger partial charge in [-0.05, 0) is 12.5 Å². The molecule has 2 unspecified atom stereocenters. The van der Waals surface area contributed by atoms with E-state index in [4.69, 9.17) is 0 Å². The molecule has 0 radical (unpaired) electrons. The molecular weight excluding hydrogens is 253 g/mol. The maximum atomic E-state index is 13.0. The zero-order valence-corrected chi connectivity index (χ0v) is 8.98. The summed E-state index contributed by atoms with van der Waals surface area (Å²) in [6.07, 6.45) is -0.549. The van der Waals surface area contributed by atoms with E-state index in [1.165, 1.54) is 18.3 Å². The third-order valence-electron chi connectivity index (χ3n) is 1.88. The van der Waals surface area contributed by atoms with Gasteiger partial charge < -0.3 is 10.2 Å². The Morgan fingerprint density at radius 1 is 1.50 bits per heavy atom. The smallest absolute Gasteiger partial charge is 0.218 e. The molecule has 0 saturated carbocycles. The molecule has 14 heavy (non-hydrogen) atoms. The molecule has 0 aromatic carbocycles. The van der Waals surface area contributed by atoms with Crippen LogP contribution in [-0.2, 0) is 0 Å². The van der Waals surface area contributed by atoms with E-state index in [-0.39, 0.29) is 5.56 Å². The van der Waals surface area contributed by atoms with Crippen LogP contribution in [0.3, 0.4) is 0 Å². The molecule has 0 aliphatic heterocycles. The summed E-state index contributed by atoms with van der Waals surface area (Å²) in [6, 6.07) is 2.92. The minimum atomic E-state index is -1.22. The summed E-state index contributed by atoms with van der Waals surface area (Å²) in [4.78, 5) is 3.39. The molecule has 2 atom stereocenters. The normalized spacial score (nSPS) is 15.1. The second-order valence-electron chi connectivity index (χ2n) is 2.87. The van der Waals surface area contributed by atoms with Gasteiger partial charge in [-0.1, -0.05) is 22.0 Å². The number of aromatic nitrogens is 1. The quantitative estimate of drug-likeness (QED) is 0.638. The number of rotatable bonds is 4. The second kappa shape index (κ2) is 5.38. The van der Waals surface area contributed by atoms with Crippen LogP contribution >= 0.6 is 15.9 Å². The fourth-order valence-corrected chi connectivity index (χ4v) is 1.57. The Kier molecular flexibility index (Phi) is 4.44. The maximum absolute atomic E-state index is 13.0. The zero-order chi connectivity index (χ0) is 10.6. The van der Waals surface area contributed by atoms with E-state index >= 15 is 0 Å². The highest BCUT2D eigenvalue weighted by Gasteiger charge is 2.20. The van der Waals surface area contributed by atoms with Crippen LogP contribution in [0.4, 0.5) is 4.39 Å². The van der Waals surface area contributed by atoms with Crippen molar-refractivity contribution in [2.75, 3.05) is 5.33 Å². The van der Waals surface area contributed by atoms with Crippen molar-refractivity contribution < 1.29 is 14.6 Å². The van der Waals surface area contributed by atoms with Crippen molar-refractivity contribution in [3.63, 3.8) is 0 Å². The third-order valence-corrected chi connectivity index (χ3v) is 2.33. The average Bonchev–Trinajstić information content (AvgIpc) is 2.18. The van der Waals surface area contributed by atoms with Crippen molar-refractivity contribution in [3.05, 3.63) is 29.8 Å². The fraction of sp³-hybridized carbons (Fsp3) is 0.444. The Balaban J connectivity index is 2.78. The molecule has 0 fully saturated rings. The second-order valence-corrected chi connectivity index (χ2v) is 3.67. The van der Waals surface area contributed by atoms with Gasteiger partial charge in [0.25, 0.3) is 0 Å². The summed E-state index contributed by atoms with van der Waals surface area (Å²) in [5.74, 6) is -0.742. The average molecular weight is 264 g/mol. The molecule has 1 heterocycles. The van der Waals surface area contributed by atoms with Crippen molar-refractivity contribution in [2.24, 2.45) is 0 Å². The van der Waals surface area contributed by atoms with Gasteiger partial charge in [-0.15, -0.1) is 0 Å². The third kappa shape index (κ3) is 2.73. The predicted molar refractivity (Wildman–Crippen MR) is 53.6 cm³/mol. The van der Waals surface area contributed by atoms with E-state index < -0.39 is 18.2 Å². The zero-order valence-electron chi connectivity index (χ0n) is 7.40. The monoisotopic (exact) mass is 263 g/mol. The van der Waals surface area contributed by atoms with Crippen LogP contribution in [0.1, 0.15) is 18.1 Å². The molecule has 0 bridgehead atoms. The number of aliphatic hydroxyl groups excluding tert-OH is 2. The van der Waals surface area contributed by atoms with Gasteiger partial charge in [0.15, 0.2) is 0 Å². The Bertz CT molecular complexity index is 298. The lowest BCUT2D eigenvalue weighted by molar-refractivity contribution is 0.0148.